The summed E-state index contributed by atoms with van der Waals surface area (Å²) in [6.07, 6.45) is 0. The summed E-state index contributed by atoms with van der Waals surface area (Å²) in [6.45, 7) is 13.2. The molecule has 19 rings (SSSR count). The minimum atomic E-state index is 1.23. The molecule has 0 aliphatic rings. The predicted molar refractivity (Wildman–Crippen MR) is 365 cm³/mol. The van der Waals surface area contributed by atoms with Gasteiger partial charge in [0.05, 0.1) is 0 Å². The van der Waals surface area contributed by atoms with Crippen LogP contribution < -0.4 is 0 Å². The molecule has 0 fully saturated rings. The van der Waals surface area contributed by atoms with Gasteiger partial charge in [-0.15, -0.1) is 0 Å². The highest BCUT2D eigenvalue weighted by molar-refractivity contribution is 6.61. The van der Waals surface area contributed by atoms with Crippen LogP contribution >= 0.6 is 0 Å². The number of hydrogen-bond acceptors (Lipinski definition) is 0. The van der Waals surface area contributed by atoms with Gasteiger partial charge in [-0.05, 0) is 310 Å². The molecule has 0 spiro atoms. The van der Waals surface area contributed by atoms with Gasteiger partial charge in [-0.3, -0.25) is 0 Å². The lowest BCUT2D eigenvalue weighted by molar-refractivity contribution is 1.47. The molecular weight excluding hydrogens is 1010 g/mol. The summed E-state index contributed by atoms with van der Waals surface area (Å²) >= 11 is 0. The zero-order valence-electron chi connectivity index (χ0n) is 47.8. The molecule has 0 saturated carbocycles. The Kier molecular flexibility index (Phi) is 9.02. The van der Waals surface area contributed by atoms with Crippen LogP contribution in [-0.2, 0) is 0 Å². The number of aryl methyl sites for hydroxylation is 6. The van der Waals surface area contributed by atoms with Crippen LogP contribution in [0.3, 0.4) is 0 Å². The van der Waals surface area contributed by atoms with Gasteiger partial charge < -0.3 is 0 Å². The van der Waals surface area contributed by atoms with Crippen molar-refractivity contribution in [3.8, 4) is 66.8 Å². The molecule has 0 unspecified atom stereocenters. The number of hydrogen-bond donors (Lipinski definition) is 0. The quantitative estimate of drug-likeness (QED) is 0.115. The maximum absolute atomic E-state index is 2.56. The van der Waals surface area contributed by atoms with E-state index in [1.54, 1.807) is 0 Å². The highest BCUT2D eigenvalue weighted by atomic mass is 14.4. The molecule has 0 radical (unpaired) electrons. The summed E-state index contributed by atoms with van der Waals surface area (Å²) in [6, 6.07) is 86.1. The lowest BCUT2D eigenvalue weighted by atomic mass is 9.72. The molecule has 0 heteroatoms. The van der Waals surface area contributed by atoms with Crippen molar-refractivity contribution in [3.05, 3.63) is 252 Å². The molecule has 84 heavy (non-hydrogen) atoms. The number of rotatable bonds is 6. The fourth-order valence-corrected chi connectivity index (χ4v) is 15.7. The van der Waals surface area contributed by atoms with Gasteiger partial charge in [0, 0.05) is 0 Å². The standard InChI is InChI=1S/C84H54/c1-43-7-19-49(20-8-43)55-31-61-63-33-56(50-21-9-44(2)10-22-50)35-65-67-37-58(52-25-13-46(4)14-26-52)39-69-71-41-60(54-29-17-48(6)18-30-54)42-72-70-40-59(53-27-15-47(5)16-28-53)38-68-66-36-57(51-23-11-45(3)12-24-51)34-64-62(32-55)73(61)79-80(74(63)65)82(76(67)69)84(78(71)72)83(77(68)70)81(79)75(64)66/h7-42H,1-6H3. The Hall–Kier alpha value is -10.1. The van der Waals surface area contributed by atoms with Crippen LogP contribution in [0.1, 0.15) is 33.4 Å². The molecule has 0 N–H and O–H groups in total. The monoisotopic (exact) mass is 1060 g/mol. The molecule has 0 aromatic heterocycles. The van der Waals surface area contributed by atoms with E-state index in [1.165, 1.54) is 229 Å². The van der Waals surface area contributed by atoms with Crippen molar-refractivity contribution >= 4 is 129 Å². The molecule has 0 atom stereocenters. The van der Waals surface area contributed by atoms with E-state index in [4.69, 9.17) is 0 Å². The topological polar surface area (TPSA) is 0 Å². The second-order valence-corrected chi connectivity index (χ2v) is 25.1. The van der Waals surface area contributed by atoms with E-state index in [1.807, 2.05) is 0 Å². The maximum atomic E-state index is 2.56. The molecule has 390 valence electrons. The summed E-state index contributed by atoms with van der Waals surface area (Å²) in [7, 11) is 0. The van der Waals surface area contributed by atoms with Crippen molar-refractivity contribution in [1.29, 1.82) is 0 Å². The van der Waals surface area contributed by atoms with E-state index >= 15 is 0 Å². The Morgan fingerprint density at radius 3 is 0.333 bits per heavy atom. The molecule has 0 nitrogen and oxygen atoms in total. The van der Waals surface area contributed by atoms with E-state index < -0.39 is 0 Å². The lowest BCUT2D eigenvalue weighted by Gasteiger charge is -2.30. The van der Waals surface area contributed by atoms with Gasteiger partial charge in [-0.1, -0.05) is 179 Å². The average Bonchev–Trinajstić information content (AvgIpc) is 0.667. The van der Waals surface area contributed by atoms with Gasteiger partial charge in [0.1, 0.15) is 0 Å². The second kappa shape index (κ2) is 16.3. The summed E-state index contributed by atoms with van der Waals surface area (Å²) < 4.78 is 0. The van der Waals surface area contributed by atoms with Gasteiger partial charge >= 0.3 is 0 Å². The van der Waals surface area contributed by atoms with E-state index in [2.05, 4.69) is 260 Å². The third-order valence-electron chi connectivity index (χ3n) is 19.9. The van der Waals surface area contributed by atoms with Crippen molar-refractivity contribution < 1.29 is 0 Å². The largest absolute Gasteiger partial charge is 0.0587 e. The fourth-order valence-electron chi connectivity index (χ4n) is 15.7. The molecule has 0 heterocycles. The summed E-state index contributed by atoms with van der Waals surface area (Å²) in [5, 5.41) is 32.3. The molecular formula is C84H54. The van der Waals surface area contributed by atoms with Crippen LogP contribution in [0, 0.1) is 41.5 Å². The van der Waals surface area contributed by atoms with E-state index in [0.29, 0.717) is 0 Å². The Labute approximate surface area is 486 Å². The van der Waals surface area contributed by atoms with Crippen molar-refractivity contribution in [2.45, 2.75) is 41.5 Å². The van der Waals surface area contributed by atoms with Gasteiger partial charge in [0.15, 0.2) is 0 Å². The van der Waals surface area contributed by atoms with Gasteiger partial charge in [-0.2, -0.15) is 0 Å². The van der Waals surface area contributed by atoms with Crippen molar-refractivity contribution in [2.75, 3.05) is 0 Å². The van der Waals surface area contributed by atoms with E-state index in [0.717, 1.165) is 0 Å². The van der Waals surface area contributed by atoms with Crippen LogP contribution in [0.5, 0.6) is 0 Å². The molecule has 0 bridgehead atoms. The predicted octanol–water partition coefficient (Wildman–Crippen LogP) is 24.0. The molecule has 0 aliphatic carbocycles. The minimum Gasteiger partial charge on any atom is -0.0587 e. The highest BCUT2D eigenvalue weighted by Gasteiger charge is 2.33. The first-order valence-electron chi connectivity index (χ1n) is 29.9. The van der Waals surface area contributed by atoms with Crippen molar-refractivity contribution in [3.63, 3.8) is 0 Å². The zero-order valence-corrected chi connectivity index (χ0v) is 47.8. The van der Waals surface area contributed by atoms with Crippen LogP contribution in [0.15, 0.2) is 218 Å². The third kappa shape index (κ3) is 6.17. The Balaban J connectivity index is 1.15. The summed E-state index contributed by atoms with van der Waals surface area (Å²) in [5.41, 5.74) is 22.4. The molecule has 19 aromatic rings. The Morgan fingerprint density at radius 2 is 0.226 bits per heavy atom. The van der Waals surface area contributed by atoms with Gasteiger partial charge in [0.25, 0.3) is 0 Å². The average molecular weight is 1060 g/mol. The van der Waals surface area contributed by atoms with Crippen molar-refractivity contribution in [1.82, 2.24) is 0 Å². The Morgan fingerprint density at radius 1 is 0.119 bits per heavy atom. The minimum absolute atomic E-state index is 1.23. The van der Waals surface area contributed by atoms with Gasteiger partial charge in [-0.25, -0.2) is 0 Å². The first kappa shape index (κ1) is 46.5. The number of fused-ring (bicyclic) bond motifs is 6. The zero-order chi connectivity index (χ0) is 55.7. The maximum Gasteiger partial charge on any atom is -0.0000469 e. The first-order valence-corrected chi connectivity index (χ1v) is 29.9. The van der Waals surface area contributed by atoms with Crippen LogP contribution in [0.2, 0.25) is 0 Å². The summed E-state index contributed by atoms with van der Waals surface area (Å²) in [5.74, 6) is 0. The Bertz CT molecular complexity index is 4770. The second-order valence-electron chi connectivity index (χ2n) is 25.1. The lowest BCUT2D eigenvalue weighted by Crippen LogP contribution is -2.01. The molecule has 0 saturated heterocycles. The molecule has 19 aromatic carbocycles. The van der Waals surface area contributed by atoms with E-state index in [9.17, 15) is 0 Å². The van der Waals surface area contributed by atoms with Crippen LogP contribution in [-0.4, -0.2) is 0 Å². The van der Waals surface area contributed by atoms with E-state index in [-0.39, 0.29) is 0 Å². The third-order valence-corrected chi connectivity index (χ3v) is 19.9. The van der Waals surface area contributed by atoms with Crippen LogP contribution in [0.25, 0.3) is 196 Å². The summed E-state index contributed by atoms with van der Waals surface area (Å²) in [4.78, 5) is 0. The first-order chi connectivity index (χ1) is 41.1. The fraction of sp³-hybridized carbons (Fsp3) is 0.0714. The number of benzene rings is 19. The normalized spacial score (nSPS) is 12.6. The highest BCUT2D eigenvalue weighted by Crippen LogP contribution is 2.62. The molecule has 0 aliphatic heterocycles. The van der Waals surface area contributed by atoms with Crippen molar-refractivity contribution in [2.24, 2.45) is 0 Å². The molecule has 0 amide bonds. The smallest absolute Gasteiger partial charge is 0.0000469 e. The van der Waals surface area contributed by atoms with Crippen LogP contribution in [0.4, 0.5) is 0 Å². The van der Waals surface area contributed by atoms with Gasteiger partial charge in [0.2, 0.25) is 0 Å². The SMILES string of the molecule is Cc1ccc(-c2cc3c4cc(-c5ccc(C)cc5)cc5c6cc(-c7ccc(C)cc7)cc7c8cc(-c9ccc(C)cc9)cc9c%10cc(-c%11ccc(C)cc%11)cc%11c%12cc(-c%13ccc(C)cc%13)cc%13c(c2)c3c2c(c45)c(c67)c(c89)c(c%11%10)c2c%13%12)cc1.